The van der Waals surface area contributed by atoms with Gasteiger partial charge in [0.15, 0.2) is 0 Å². The van der Waals surface area contributed by atoms with Crippen molar-refractivity contribution < 1.29 is 4.92 Å². The number of nitro groups is 1. The molecule has 0 atom stereocenters. The molecular weight excluding hydrogens is 298 g/mol. The number of nitro benzene ring substituents is 1. The number of pyridine rings is 1. The first kappa shape index (κ1) is 14.4. The molecule has 2 aromatic heterocycles. The van der Waals surface area contributed by atoms with Gasteiger partial charge in [-0.05, 0) is 12.1 Å². The van der Waals surface area contributed by atoms with Gasteiger partial charge in [-0.3, -0.25) is 10.1 Å². The molecule has 3 rings (SSSR count). The number of hydrogen-bond donors (Lipinski definition) is 2. The fraction of sp³-hybridized carbons (Fsp3) is 0.0714. The van der Waals surface area contributed by atoms with E-state index in [1.54, 1.807) is 36.5 Å². The van der Waals surface area contributed by atoms with Crippen LogP contribution in [-0.2, 0) is 6.54 Å². The first-order chi connectivity index (χ1) is 11.1. The standard InChI is InChI=1S/C14H13N7O2/c15-13-18-14(17-12-7-3-4-8-16-12)19-20(13)9-10-5-1-2-6-11(10)21(22)23/h1-8H,9H2,(H3,15,16,17,18,19). The second kappa shape index (κ2) is 6.10. The Labute approximate surface area is 130 Å². The fourth-order valence-electron chi connectivity index (χ4n) is 2.06. The highest BCUT2D eigenvalue weighted by Crippen LogP contribution is 2.20. The topological polar surface area (TPSA) is 125 Å². The highest BCUT2D eigenvalue weighted by Gasteiger charge is 2.15. The van der Waals surface area contributed by atoms with Crippen molar-refractivity contribution in [2.45, 2.75) is 6.54 Å². The van der Waals surface area contributed by atoms with E-state index in [0.717, 1.165) is 0 Å². The van der Waals surface area contributed by atoms with Crippen molar-refractivity contribution in [1.29, 1.82) is 0 Å². The SMILES string of the molecule is Nc1nc(Nc2ccccn2)nn1Cc1ccccc1[N+](=O)[O-]. The molecule has 0 aliphatic heterocycles. The summed E-state index contributed by atoms with van der Waals surface area (Å²) in [4.78, 5) is 18.8. The lowest BCUT2D eigenvalue weighted by Crippen LogP contribution is -2.08. The first-order valence-corrected chi connectivity index (χ1v) is 6.74. The largest absolute Gasteiger partial charge is 0.368 e. The van der Waals surface area contributed by atoms with Crippen molar-refractivity contribution in [3.63, 3.8) is 0 Å². The van der Waals surface area contributed by atoms with Crippen LogP contribution in [0.5, 0.6) is 0 Å². The van der Waals surface area contributed by atoms with Crippen molar-refractivity contribution in [3.8, 4) is 0 Å². The Hall–Kier alpha value is -3.49. The molecule has 9 heteroatoms. The molecule has 0 aliphatic rings. The second-order valence-electron chi connectivity index (χ2n) is 4.68. The van der Waals surface area contributed by atoms with Crippen molar-refractivity contribution in [2.75, 3.05) is 11.1 Å². The average Bonchev–Trinajstić information content (AvgIpc) is 2.88. The van der Waals surface area contributed by atoms with Crippen LogP contribution in [0.25, 0.3) is 0 Å². The Morgan fingerprint density at radius 3 is 2.74 bits per heavy atom. The molecule has 0 spiro atoms. The molecule has 0 saturated carbocycles. The molecule has 0 fully saturated rings. The summed E-state index contributed by atoms with van der Waals surface area (Å²) in [5.41, 5.74) is 6.34. The summed E-state index contributed by atoms with van der Waals surface area (Å²) in [6.45, 7) is 0.153. The normalized spacial score (nSPS) is 10.4. The maximum Gasteiger partial charge on any atom is 0.274 e. The first-order valence-electron chi connectivity index (χ1n) is 6.74. The number of nitrogen functional groups attached to an aromatic ring is 1. The number of para-hydroxylation sites is 1. The molecule has 116 valence electrons. The van der Waals surface area contributed by atoms with E-state index in [9.17, 15) is 10.1 Å². The summed E-state index contributed by atoms with van der Waals surface area (Å²) in [6, 6.07) is 11.8. The molecular formula is C14H13N7O2. The zero-order valence-electron chi connectivity index (χ0n) is 12.0. The number of hydrogen-bond acceptors (Lipinski definition) is 7. The van der Waals surface area contributed by atoms with Gasteiger partial charge in [0, 0.05) is 12.3 Å². The van der Waals surface area contributed by atoms with Crippen LogP contribution >= 0.6 is 0 Å². The molecule has 3 N–H and O–H groups in total. The van der Waals surface area contributed by atoms with Gasteiger partial charge in [-0.25, -0.2) is 9.67 Å². The molecule has 1 aromatic carbocycles. The van der Waals surface area contributed by atoms with Gasteiger partial charge in [-0.15, -0.1) is 5.10 Å². The van der Waals surface area contributed by atoms with E-state index in [4.69, 9.17) is 5.73 Å². The quantitative estimate of drug-likeness (QED) is 0.545. The van der Waals surface area contributed by atoms with Crippen LogP contribution in [0.1, 0.15) is 5.56 Å². The van der Waals surface area contributed by atoms with Crippen LogP contribution < -0.4 is 11.1 Å². The summed E-state index contributed by atoms with van der Waals surface area (Å²) in [5, 5.41) is 18.2. The predicted octanol–water partition coefficient (Wildman–Crippen LogP) is 1.96. The number of benzene rings is 1. The van der Waals surface area contributed by atoms with Gasteiger partial charge < -0.3 is 11.1 Å². The van der Waals surface area contributed by atoms with Crippen LogP contribution in [0.4, 0.5) is 23.4 Å². The Kier molecular flexibility index (Phi) is 3.83. The Balaban J connectivity index is 1.83. The lowest BCUT2D eigenvalue weighted by atomic mass is 10.2. The van der Waals surface area contributed by atoms with Crippen LogP contribution in [0.2, 0.25) is 0 Å². The number of anilines is 3. The molecule has 9 nitrogen and oxygen atoms in total. The third-order valence-corrected chi connectivity index (χ3v) is 3.11. The van der Waals surface area contributed by atoms with Gasteiger partial charge in [0.2, 0.25) is 11.9 Å². The number of nitrogens with one attached hydrogen (secondary N) is 1. The molecule has 23 heavy (non-hydrogen) atoms. The van der Waals surface area contributed by atoms with Crippen molar-refractivity contribution in [1.82, 2.24) is 19.7 Å². The van der Waals surface area contributed by atoms with Gasteiger partial charge in [-0.2, -0.15) is 4.98 Å². The Morgan fingerprint density at radius 1 is 1.22 bits per heavy atom. The predicted molar refractivity (Wildman–Crippen MR) is 84.2 cm³/mol. The van der Waals surface area contributed by atoms with Gasteiger partial charge in [0.1, 0.15) is 5.82 Å². The van der Waals surface area contributed by atoms with Gasteiger partial charge in [0.05, 0.1) is 17.0 Å². The lowest BCUT2D eigenvalue weighted by Gasteiger charge is -2.03. The third-order valence-electron chi connectivity index (χ3n) is 3.11. The molecule has 2 heterocycles. The molecule has 0 saturated heterocycles. The molecule has 0 radical (unpaired) electrons. The maximum atomic E-state index is 11.1. The summed E-state index contributed by atoms with van der Waals surface area (Å²) < 4.78 is 1.40. The number of nitrogens with zero attached hydrogens (tertiary/aromatic N) is 5. The maximum absolute atomic E-state index is 11.1. The van der Waals surface area contributed by atoms with Crippen LogP contribution in [0.15, 0.2) is 48.7 Å². The Bertz CT molecular complexity index is 832. The van der Waals surface area contributed by atoms with Gasteiger partial charge in [-0.1, -0.05) is 24.3 Å². The third kappa shape index (κ3) is 3.23. The van der Waals surface area contributed by atoms with Crippen molar-refractivity contribution >= 4 is 23.4 Å². The molecule has 0 aliphatic carbocycles. The molecule has 0 amide bonds. The summed E-state index contributed by atoms with van der Waals surface area (Å²) >= 11 is 0. The van der Waals surface area contributed by atoms with Gasteiger partial charge >= 0.3 is 0 Å². The average molecular weight is 311 g/mol. The van der Waals surface area contributed by atoms with Crippen LogP contribution in [0.3, 0.4) is 0 Å². The summed E-state index contributed by atoms with van der Waals surface area (Å²) in [7, 11) is 0. The smallest absolute Gasteiger partial charge is 0.274 e. The van der Waals surface area contributed by atoms with E-state index >= 15 is 0 Å². The van der Waals surface area contributed by atoms with Crippen LogP contribution in [0, 0.1) is 10.1 Å². The summed E-state index contributed by atoms with van der Waals surface area (Å²) in [6.07, 6.45) is 1.63. The second-order valence-corrected chi connectivity index (χ2v) is 4.68. The van der Waals surface area contributed by atoms with E-state index < -0.39 is 4.92 Å². The fourth-order valence-corrected chi connectivity index (χ4v) is 2.06. The van der Waals surface area contributed by atoms with Crippen molar-refractivity contribution in [2.24, 2.45) is 0 Å². The minimum Gasteiger partial charge on any atom is -0.368 e. The monoisotopic (exact) mass is 311 g/mol. The van der Waals surface area contributed by atoms with Crippen LogP contribution in [-0.4, -0.2) is 24.7 Å². The number of nitrogens with two attached hydrogens (primary N) is 1. The van der Waals surface area contributed by atoms with E-state index in [-0.39, 0.29) is 24.1 Å². The highest BCUT2D eigenvalue weighted by molar-refractivity contribution is 5.48. The molecule has 0 bridgehead atoms. The van der Waals surface area contributed by atoms with E-state index in [1.165, 1.54) is 10.7 Å². The summed E-state index contributed by atoms with van der Waals surface area (Å²) in [5.74, 6) is 1.01. The highest BCUT2D eigenvalue weighted by atomic mass is 16.6. The van der Waals surface area contributed by atoms with Gasteiger partial charge in [0.25, 0.3) is 5.69 Å². The van der Waals surface area contributed by atoms with Crippen molar-refractivity contribution in [3.05, 3.63) is 64.3 Å². The molecule has 0 unspecified atom stereocenters. The van der Waals surface area contributed by atoms with E-state index in [1.807, 2.05) is 6.07 Å². The lowest BCUT2D eigenvalue weighted by molar-refractivity contribution is -0.385. The number of aromatic nitrogens is 4. The zero-order valence-corrected chi connectivity index (χ0v) is 12.0. The minimum absolute atomic E-state index is 0.0154. The molecule has 3 aromatic rings. The zero-order chi connectivity index (χ0) is 16.2. The minimum atomic E-state index is -0.435. The number of rotatable bonds is 5. The Morgan fingerprint density at radius 2 is 2.00 bits per heavy atom. The van der Waals surface area contributed by atoms with E-state index in [0.29, 0.717) is 11.4 Å². The van der Waals surface area contributed by atoms with E-state index in [2.05, 4.69) is 20.4 Å².